The summed E-state index contributed by atoms with van der Waals surface area (Å²) in [5.74, 6) is 0.685. The maximum absolute atomic E-state index is 5.80. The van der Waals surface area contributed by atoms with Crippen LogP contribution >= 0.6 is 0 Å². The van der Waals surface area contributed by atoms with E-state index < -0.39 is 0 Å². The quantitative estimate of drug-likeness (QED) is 0.675. The van der Waals surface area contributed by atoms with Gasteiger partial charge < -0.3 is 15.8 Å². The van der Waals surface area contributed by atoms with Gasteiger partial charge in [0.05, 0.1) is 6.10 Å². The molecule has 1 fully saturated rings. The van der Waals surface area contributed by atoms with Crippen molar-refractivity contribution in [1.29, 1.82) is 0 Å². The highest BCUT2D eigenvalue weighted by Gasteiger charge is 2.43. The second-order valence-corrected chi connectivity index (χ2v) is 4.74. The Morgan fingerprint density at radius 2 is 2.14 bits per heavy atom. The van der Waals surface area contributed by atoms with Crippen molar-refractivity contribution in [2.24, 2.45) is 11.7 Å². The van der Waals surface area contributed by atoms with Gasteiger partial charge in [-0.25, -0.2) is 0 Å². The van der Waals surface area contributed by atoms with Gasteiger partial charge in [0.15, 0.2) is 0 Å². The highest BCUT2D eigenvalue weighted by atomic mass is 16.5. The summed E-state index contributed by atoms with van der Waals surface area (Å²) < 4.78 is 5.55. The van der Waals surface area contributed by atoms with Crippen molar-refractivity contribution in [3.63, 3.8) is 0 Å². The molecule has 0 aromatic carbocycles. The second kappa shape index (κ2) is 5.10. The van der Waals surface area contributed by atoms with Crippen LogP contribution in [0.1, 0.15) is 33.6 Å². The standard InChI is InChI=1S/C11H24N2O/c1-4-14-10-5-11(6-10,8-12)13-7-9(2)3/h9-10,13H,4-8,12H2,1-3H3. The van der Waals surface area contributed by atoms with Crippen LogP contribution in [0.15, 0.2) is 0 Å². The Kier molecular flexibility index (Phi) is 4.35. The zero-order valence-corrected chi connectivity index (χ0v) is 9.68. The van der Waals surface area contributed by atoms with E-state index in [0.717, 1.165) is 32.5 Å². The third kappa shape index (κ3) is 2.94. The molecule has 0 saturated heterocycles. The Morgan fingerprint density at radius 1 is 1.50 bits per heavy atom. The van der Waals surface area contributed by atoms with E-state index in [1.807, 2.05) is 6.92 Å². The first kappa shape index (κ1) is 12.0. The summed E-state index contributed by atoms with van der Waals surface area (Å²) in [4.78, 5) is 0. The third-order valence-electron chi connectivity index (χ3n) is 2.92. The molecule has 0 bridgehead atoms. The normalized spacial score (nSPS) is 31.9. The second-order valence-electron chi connectivity index (χ2n) is 4.74. The highest BCUT2D eigenvalue weighted by molar-refractivity contribution is 5.02. The van der Waals surface area contributed by atoms with Gasteiger partial charge in [-0.15, -0.1) is 0 Å². The van der Waals surface area contributed by atoms with Crippen LogP contribution in [-0.2, 0) is 4.74 Å². The lowest BCUT2D eigenvalue weighted by Crippen LogP contribution is -2.63. The van der Waals surface area contributed by atoms with Gasteiger partial charge in [-0.2, -0.15) is 0 Å². The minimum atomic E-state index is 0.171. The summed E-state index contributed by atoms with van der Waals surface area (Å²) in [5, 5.41) is 3.57. The predicted octanol–water partition coefficient (Wildman–Crippen LogP) is 1.13. The minimum absolute atomic E-state index is 0.171. The van der Waals surface area contributed by atoms with E-state index in [2.05, 4.69) is 19.2 Å². The van der Waals surface area contributed by atoms with Crippen LogP contribution in [0.5, 0.6) is 0 Å². The lowest BCUT2D eigenvalue weighted by atomic mass is 9.74. The topological polar surface area (TPSA) is 47.3 Å². The van der Waals surface area contributed by atoms with Crippen molar-refractivity contribution >= 4 is 0 Å². The number of hydrogen-bond acceptors (Lipinski definition) is 3. The van der Waals surface area contributed by atoms with E-state index in [1.165, 1.54) is 0 Å². The lowest BCUT2D eigenvalue weighted by Gasteiger charge is -2.47. The molecule has 3 nitrogen and oxygen atoms in total. The molecule has 0 radical (unpaired) electrons. The zero-order valence-electron chi connectivity index (χ0n) is 9.68. The Hall–Kier alpha value is -0.120. The predicted molar refractivity (Wildman–Crippen MR) is 59.3 cm³/mol. The van der Waals surface area contributed by atoms with Gasteiger partial charge >= 0.3 is 0 Å². The summed E-state index contributed by atoms with van der Waals surface area (Å²) in [5.41, 5.74) is 5.97. The summed E-state index contributed by atoms with van der Waals surface area (Å²) in [6, 6.07) is 0. The van der Waals surface area contributed by atoms with Crippen LogP contribution in [0.3, 0.4) is 0 Å². The number of nitrogens with two attached hydrogens (primary N) is 1. The summed E-state index contributed by atoms with van der Waals surface area (Å²) in [7, 11) is 0. The Bertz CT molecular complexity index is 165. The average molecular weight is 200 g/mol. The van der Waals surface area contributed by atoms with Crippen LogP contribution in [0.4, 0.5) is 0 Å². The first-order valence-electron chi connectivity index (χ1n) is 5.68. The Morgan fingerprint density at radius 3 is 2.57 bits per heavy atom. The van der Waals surface area contributed by atoms with Crippen molar-refractivity contribution in [3.8, 4) is 0 Å². The fourth-order valence-electron chi connectivity index (χ4n) is 1.97. The van der Waals surface area contributed by atoms with Crippen LogP contribution in [0, 0.1) is 5.92 Å². The molecule has 1 aliphatic carbocycles. The van der Waals surface area contributed by atoms with Gasteiger partial charge in [0, 0.05) is 18.7 Å². The molecule has 0 amide bonds. The summed E-state index contributed by atoms with van der Waals surface area (Å²) in [6.45, 7) is 9.07. The average Bonchev–Trinajstić information content (AvgIpc) is 2.08. The van der Waals surface area contributed by atoms with E-state index in [0.29, 0.717) is 12.0 Å². The molecule has 1 aliphatic rings. The molecule has 0 spiro atoms. The van der Waals surface area contributed by atoms with Crippen LogP contribution in [0.2, 0.25) is 0 Å². The van der Waals surface area contributed by atoms with Crippen molar-refractivity contribution in [1.82, 2.24) is 5.32 Å². The van der Waals surface area contributed by atoms with Crippen molar-refractivity contribution in [2.45, 2.75) is 45.3 Å². The van der Waals surface area contributed by atoms with E-state index in [9.17, 15) is 0 Å². The number of rotatable bonds is 6. The molecule has 0 aromatic rings. The van der Waals surface area contributed by atoms with Crippen molar-refractivity contribution in [2.75, 3.05) is 19.7 Å². The summed E-state index contributed by atoms with van der Waals surface area (Å²) >= 11 is 0. The van der Waals surface area contributed by atoms with E-state index in [4.69, 9.17) is 10.5 Å². The van der Waals surface area contributed by atoms with Crippen LogP contribution in [-0.4, -0.2) is 31.3 Å². The highest BCUT2D eigenvalue weighted by Crippen LogP contribution is 2.33. The van der Waals surface area contributed by atoms with Gasteiger partial charge in [0.1, 0.15) is 0 Å². The van der Waals surface area contributed by atoms with E-state index >= 15 is 0 Å². The van der Waals surface area contributed by atoms with E-state index in [1.54, 1.807) is 0 Å². The third-order valence-corrected chi connectivity index (χ3v) is 2.92. The Balaban J connectivity index is 2.26. The SMILES string of the molecule is CCOC1CC(CN)(NCC(C)C)C1. The number of hydrogen-bond donors (Lipinski definition) is 2. The zero-order chi connectivity index (χ0) is 10.6. The first-order chi connectivity index (χ1) is 6.62. The molecular weight excluding hydrogens is 176 g/mol. The Labute approximate surface area is 87.4 Å². The van der Waals surface area contributed by atoms with Gasteiger partial charge in [0.25, 0.3) is 0 Å². The van der Waals surface area contributed by atoms with Gasteiger partial charge in [-0.1, -0.05) is 13.8 Å². The maximum Gasteiger partial charge on any atom is 0.0611 e. The van der Waals surface area contributed by atoms with Crippen molar-refractivity contribution < 1.29 is 4.74 Å². The molecule has 3 heteroatoms. The molecular formula is C11H24N2O. The molecule has 0 aromatic heterocycles. The fraction of sp³-hybridized carbons (Fsp3) is 1.00. The lowest BCUT2D eigenvalue weighted by molar-refractivity contribution is -0.0482. The molecule has 0 unspecified atom stereocenters. The number of nitrogens with one attached hydrogen (secondary N) is 1. The minimum Gasteiger partial charge on any atom is -0.378 e. The molecule has 0 aliphatic heterocycles. The van der Waals surface area contributed by atoms with Gasteiger partial charge in [0.2, 0.25) is 0 Å². The fourth-order valence-corrected chi connectivity index (χ4v) is 1.97. The van der Waals surface area contributed by atoms with Crippen LogP contribution < -0.4 is 11.1 Å². The summed E-state index contributed by atoms with van der Waals surface area (Å²) in [6.07, 6.45) is 2.58. The molecule has 0 atom stereocenters. The first-order valence-corrected chi connectivity index (χ1v) is 5.68. The van der Waals surface area contributed by atoms with Crippen molar-refractivity contribution in [3.05, 3.63) is 0 Å². The molecule has 1 rings (SSSR count). The molecule has 1 saturated carbocycles. The molecule has 14 heavy (non-hydrogen) atoms. The number of ether oxygens (including phenoxy) is 1. The maximum atomic E-state index is 5.80. The molecule has 0 heterocycles. The van der Waals surface area contributed by atoms with Gasteiger partial charge in [-0.05, 0) is 32.2 Å². The van der Waals surface area contributed by atoms with E-state index in [-0.39, 0.29) is 5.54 Å². The smallest absolute Gasteiger partial charge is 0.0611 e. The monoisotopic (exact) mass is 200 g/mol. The largest absolute Gasteiger partial charge is 0.378 e. The van der Waals surface area contributed by atoms with Gasteiger partial charge in [-0.3, -0.25) is 0 Å². The molecule has 3 N–H and O–H groups in total. The van der Waals surface area contributed by atoms with Crippen LogP contribution in [0.25, 0.3) is 0 Å². The molecule has 84 valence electrons.